The fourth-order valence-electron chi connectivity index (χ4n) is 2.83. The van der Waals surface area contributed by atoms with E-state index in [4.69, 9.17) is 4.43 Å². The average molecular weight is 301 g/mol. The van der Waals surface area contributed by atoms with Crippen LogP contribution in [0.1, 0.15) is 65.7 Å². The summed E-state index contributed by atoms with van der Waals surface area (Å²) in [6.07, 6.45) is 9.38. The minimum Gasteiger partial charge on any atom is -0.416 e. The Morgan fingerprint density at radius 3 is 2.00 bits per heavy atom. The van der Waals surface area contributed by atoms with E-state index in [-0.39, 0.29) is 5.04 Å². The Morgan fingerprint density at radius 1 is 1.05 bits per heavy atom. The van der Waals surface area contributed by atoms with Crippen molar-refractivity contribution in [2.75, 3.05) is 13.2 Å². The maximum absolute atomic E-state index is 9.78. The van der Waals surface area contributed by atoms with Crippen molar-refractivity contribution < 1.29 is 9.53 Å². The van der Waals surface area contributed by atoms with Gasteiger partial charge in [0.2, 0.25) is 0 Å². The van der Waals surface area contributed by atoms with Crippen LogP contribution in [0.15, 0.2) is 0 Å². The van der Waals surface area contributed by atoms with Gasteiger partial charge >= 0.3 is 0 Å². The average Bonchev–Trinajstić information content (AvgIpc) is 2.30. The number of aliphatic hydroxyl groups is 1. The first-order chi connectivity index (χ1) is 9.28. The van der Waals surface area contributed by atoms with Crippen molar-refractivity contribution in [1.82, 2.24) is 0 Å². The van der Waals surface area contributed by atoms with Crippen LogP contribution in [0.3, 0.4) is 0 Å². The highest BCUT2D eigenvalue weighted by Gasteiger charge is 2.38. The van der Waals surface area contributed by atoms with Gasteiger partial charge in [0.1, 0.15) is 0 Å². The molecule has 1 N–H and O–H groups in total. The van der Waals surface area contributed by atoms with Gasteiger partial charge in [-0.15, -0.1) is 0 Å². The molecule has 0 bridgehead atoms. The Bertz CT molecular complexity index is 263. The predicted octanol–water partition coefficient (Wildman–Crippen LogP) is 4.98. The van der Waals surface area contributed by atoms with Gasteiger partial charge in [0.25, 0.3) is 0 Å². The van der Waals surface area contributed by atoms with Gasteiger partial charge in [0, 0.05) is 19.1 Å². The van der Waals surface area contributed by atoms with Crippen LogP contribution in [0.5, 0.6) is 0 Å². The van der Waals surface area contributed by atoms with Crippen LogP contribution in [0.25, 0.3) is 0 Å². The van der Waals surface area contributed by atoms with Gasteiger partial charge in [-0.25, -0.2) is 0 Å². The molecule has 0 spiro atoms. The van der Waals surface area contributed by atoms with Gasteiger partial charge in [-0.1, -0.05) is 65.7 Å². The molecular formula is C17H36O2Si. The summed E-state index contributed by atoms with van der Waals surface area (Å²) < 4.78 is 6.35. The van der Waals surface area contributed by atoms with Crippen LogP contribution >= 0.6 is 0 Å². The molecule has 3 heteroatoms. The SMILES string of the molecule is CC(C)(C)[Si](C)(C)OCC(CO)C1CCCCCCC1. The highest BCUT2D eigenvalue weighted by atomic mass is 28.4. The second-order valence-electron chi connectivity index (χ2n) is 8.12. The van der Waals surface area contributed by atoms with Gasteiger partial charge in [-0.2, -0.15) is 0 Å². The Morgan fingerprint density at radius 2 is 1.55 bits per heavy atom. The lowest BCUT2D eigenvalue weighted by molar-refractivity contribution is 0.0973. The third-order valence-electron chi connectivity index (χ3n) is 5.52. The second kappa shape index (κ2) is 7.95. The van der Waals surface area contributed by atoms with E-state index in [2.05, 4.69) is 33.9 Å². The van der Waals surface area contributed by atoms with E-state index in [1.807, 2.05) is 0 Å². The van der Waals surface area contributed by atoms with Gasteiger partial charge in [0.15, 0.2) is 8.32 Å². The smallest absolute Gasteiger partial charge is 0.191 e. The molecule has 1 atom stereocenters. The van der Waals surface area contributed by atoms with Crippen LogP contribution in [0.2, 0.25) is 18.1 Å². The summed E-state index contributed by atoms with van der Waals surface area (Å²) in [4.78, 5) is 0. The Balaban J connectivity index is 2.53. The largest absolute Gasteiger partial charge is 0.416 e. The fraction of sp³-hybridized carbons (Fsp3) is 1.00. The van der Waals surface area contributed by atoms with Crippen molar-refractivity contribution in [3.05, 3.63) is 0 Å². The molecule has 0 radical (unpaired) electrons. The molecular weight excluding hydrogens is 264 g/mol. The molecule has 1 aliphatic carbocycles. The Hall–Kier alpha value is 0.137. The molecule has 1 saturated carbocycles. The van der Waals surface area contributed by atoms with E-state index >= 15 is 0 Å². The van der Waals surface area contributed by atoms with Crippen molar-refractivity contribution >= 4 is 8.32 Å². The highest BCUT2D eigenvalue weighted by molar-refractivity contribution is 6.74. The van der Waals surface area contributed by atoms with Crippen LogP contribution < -0.4 is 0 Å². The molecule has 1 aliphatic rings. The molecule has 0 aliphatic heterocycles. The summed E-state index contributed by atoms with van der Waals surface area (Å²) in [6, 6.07) is 0. The van der Waals surface area contributed by atoms with Gasteiger partial charge < -0.3 is 9.53 Å². The molecule has 20 heavy (non-hydrogen) atoms. The molecule has 0 saturated heterocycles. The Kier molecular flexibility index (Phi) is 7.23. The number of aliphatic hydroxyl groups excluding tert-OH is 1. The number of hydrogen-bond acceptors (Lipinski definition) is 2. The maximum atomic E-state index is 9.78. The molecule has 1 unspecified atom stereocenters. The molecule has 0 aromatic heterocycles. The highest BCUT2D eigenvalue weighted by Crippen LogP contribution is 2.37. The zero-order valence-corrected chi connectivity index (χ0v) is 15.4. The normalized spacial score (nSPS) is 21.3. The molecule has 2 nitrogen and oxygen atoms in total. The van der Waals surface area contributed by atoms with E-state index in [0.29, 0.717) is 18.4 Å². The van der Waals surface area contributed by atoms with Crippen molar-refractivity contribution in [2.45, 2.75) is 83.8 Å². The molecule has 0 heterocycles. The quantitative estimate of drug-likeness (QED) is 0.726. The number of hydrogen-bond donors (Lipinski definition) is 1. The lowest BCUT2D eigenvalue weighted by Gasteiger charge is -2.38. The minimum absolute atomic E-state index is 0.258. The lowest BCUT2D eigenvalue weighted by atomic mass is 9.82. The van der Waals surface area contributed by atoms with Crippen molar-refractivity contribution in [2.24, 2.45) is 11.8 Å². The van der Waals surface area contributed by atoms with Gasteiger partial charge in [0.05, 0.1) is 0 Å². The fourth-order valence-corrected chi connectivity index (χ4v) is 3.89. The summed E-state index contributed by atoms with van der Waals surface area (Å²) in [6.45, 7) is 12.5. The predicted molar refractivity (Wildman–Crippen MR) is 89.5 cm³/mol. The molecule has 0 aromatic rings. The van der Waals surface area contributed by atoms with Crippen LogP contribution in [0.4, 0.5) is 0 Å². The standard InChI is InChI=1S/C17H36O2Si/c1-17(2,3)20(4,5)19-14-16(13-18)15-11-9-7-6-8-10-12-15/h15-16,18H,6-14H2,1-5H3. The second-order valence-corrected chi connectivity index (χ2v) is 12.9. The van der Waals surface area contributed by atoms with Crippen LogP contribution in [-0.4, -0.2) is 26.6 Å². The zero-order valence-electron chi connectivity index (χ0n) is 14.4. The van der Waals surface area contributed by atoms with E-state index in [1.165, 1.54) is 44.9 Å². The molecule has 1 fully saturated rings. The minimum atomic E-state index is -1.68. The summed E-state index contributed by atoms with van der Waals surface area (Å²) in [5.41, 5.74) is 0. The van der Waals surface area contributed by atoms with Crippen LogP contribution in [0, 0.1) is 11.8 Å². The Labute approximate surface area is 127 Å². The number of rotatable bonds is 5. The van der Waals surface area contributed by atoms with Crippen LogP contribution in [-0.2, 0) is 4.43 Å². The maximum Gasteiger partial charge on any atom is 0.191 e. The van der Waals surface area contributed by atoms with Gasteiger partial charge in [-0.3, -0.25) is 0 Å². The summed E-state index contributed by atoms with van der Waals surface area (Å²) >= 11 is 0. The third-order valence-corrected chi connectivity index (χ3v) is 10.0. The van der Waals surface area contributed by atoms with E-state index in [1.54, 1.807) is 0 Å². The molecule has 0 aromatic carbocycles. The molecule has 1 rings (SSSR count). The lowest BCUT2D eigenvalue weighted by Crippen LogP contribution is -2.43. The van der Waals surface area contributed by atoms with Gasteiger partial charge in [-0.05, 0) is 24.1 Å². The van der Waals surface area contributed by atoms with Crippen molar-refractivity contribution in [3.8, 4) is 0 Å². The molecule has 120 valence electrons. The first kappa shape index (κ1) is 18.2. The zero-order chi connectivity index (χ0) is 15.2. The van der Waals surface area contributed by atoms with Crippen molar-refractivity contribution in [1.29, 1.82) is 0 Å². The van der Waals surface area contributed by atoms with E-state index in [9.17, 15) is 5.11 Å². The first-order valence-electron chi connectivity index (χ1n) is 8.53. The monoisotopic (exact) mass is 300 g/mol. The summed E-state index contributed by atoms with van der Waals surface area (Å²) in [7, 11) is -1.68. The van der Waals surface area contributed by atoms with Crippen molar-refractivity contribution in [3.63, 3.8) is 0 Å². The molecule has 0 amide bonds. The van der Waals surface area contributed by atoms with E-state index < -0.39 is 8.32 Å². The topological polar surface area (TPSA) is 29.5 Å². The van der Waals surface area contributed by atoms with E-state index in [0.717, 1.165) is 6.61 Å². The summed E-state index contributed by atoms with van der Waals surface area (Å²) in [5, 5.41) is 10.0. The third kappa shape index (κ3) is 5.49. The first-order valence-corrected chi connectivity index (χ1v) is 11.4. The summed E-state index contributed by atoms with van der Waals surface area (Å²) in [5.74, 6) is 1.02.